The first-order valence-electron chi connectivity index (χ1n) is 10.5. The van der Waals surface area contributed by atoms with Gasteiger partial charge in [-0.25, -0.2) is 0 Å². The van der Waals surface area contributed by atoms with Crippen LogP contribution in [0.15, 0.2) is 41.2 Å². The van der Waals surface area contributed by atoms with Gasteiger partial charge >= 0.3 is 0 Å². The van der Waals surface area contributed by atoms with Crippen molar-refractivity contribution in [3.63, 3.8) is 0 Å². The third-order valence-electron chi connectivity index (χ3n) is 5.77. The van der Waals surface area contributed by atoms with E-state index in [0.717, 1.165) is 25.7 Å². The first-order valence-corrected chi connectivity index (χ1v) is 11.3. The fourth-order valence-electron chi connectivity index (χ4n) is 3.94. The highest BCUT2D eigenvalue weighted by molar-refractivity contribution is 7.71. The molecular weight excluding hydrogens is 448 g/mol. The smallest absolute Gasteiger partial charge is 0.261 e. The van der Waals surface area contributed by atoms with Gasteiger partial charge in [-0.05, 0) is 61.5 Å². The van der Waals surface area contributed by atoms with Crippen LogP contribution in [0.25, 0.3) is 10.9 Å². The van der Waals surface area contributed by atoms with Gasteiger partial charge in [0.05, 0.1) is 21.5 Å². The summed E-state index contributed by atoms with van der Waals surface area (Å²) in [5, 5.41) is 6.59. The number of nitrogens with one attached hydrogen (secondary N) is 3. The summed E-state index contributed by atoms with van der Waals surface area (Å²) < 4.78 is 1.61. The molecule has 0 bridgehead atoms. The monoisotopic (exact) mass is 470 g/mol. The minimum absolute atomic E-state index is 0.154. The molecule has 2 amide bonds. The molecule has 166 valence electrons. The van der Waals surface area contributed by atoms with Crippen LogP contribution < -0.4 is 16.2 Å². The van der Waals surface area contributed by atoms with E-state index in [9.17, 15) is 14.4 Å². The van der Waals surface area contributed by atoms with Gasteiger partial charge in [-0.3, -0.25) is 19.0 Å². The molecule has 3 N–H and O–H groups in total. The number of amides is 2. The van der Waals surface area contributed by atoms with Crippen molar-refractivity contribution in [2.75, 3.05) is 5.32 Å². The fraction of sp³-hybridized carbons (Fsp3) is 0.304. The Hall–Kier alpha value is -2.97. The van der Waals surface area contributed by atoms with E-state index in [-0.39, 0.29) is 28.2 Å². The van der Waals surface area contributed by atoms with Crippen LogP contribution in [0.3, 0.4) is 0 Å². The molecule has 7 nitrogen and oxygen atoms in total. The number of H-pyrrole nitrogens is 1. The zero-order chi connectivity index (χ0) is 22.8. The summed E-state index contributed by atoms with van der Waals surface area (Å²) in [6, 6.07) is 9.69. The van der Waals surface area contributed by atoms with Crippen molar-refractivity contribution in [3.05, 3.63) is 67.7 Å². The molecule has 3 aromatic rings. The number of hydrogen-bond acceptors (Lipinski definition) is 4. The lowest BCUT2D eigenvalue weighted by Gasteiger charge is -2.23. The Morgan fingerprint density at radius 1 is 1.09 bits per heavy atom. The number of carbonyl (C=O) groups is 2. The average molecular weight is 471 g/mol. The second-order valence-electron chi connectivity index (χ2n) is 8.01. The van der Waals surface area contributed by atoms with Gasteiger partial charge in [-0.1, -0.05) is 30.9 Å². The van der Waals surface area contributed by atoms with Crippen molar-refractivity contribution in [2.24, 2.45) is 7.05 Å². The molecule has 1 aliphatic rings. The summed E-state index contributed by atoms with van der Waals surface area (Å²) in [5.41, 5.74) is 1.36. The number of halogens is 1. The number of nitrogens with zero attached hydrogens (tertiary/aromatic N) is 1. The molecule has 0 unspecified atom stereocenters. The molecular formula is C23H23ClN4O3S. The van der Waals surface area contributed by atoms with E-state index >= 15 is 0 Å². The van der Waals surface area contributed by atoms with Crippen molar-refractivity contribution in [3.8, 4) is 0 Å². The highest BCUT2D eigenvalue weighted by atomic mass is 35.5. The highest BCUT2D eigenvalue weighted by Gasteiger charge is 2.19. The van der Waals surface area contributed by atoms with E-state index in [1.54, 1.807) is 43.4 Å². The van der Waals surface area contributed by atoms with E-state index in [1.165, 1.54) is 11.0 Å². The number of aromatic nitrogens is 2. The largest absolute Gasteiger partial charge is 0.349 e. The van der Waals surface area contributed by atoms with Crippen LogP contribution in [0.1, 0.15) is 52.8 Å². The van der Waals surface area contributed by atoms with E-state index in [0.29, 0.717) is 32.7 Å². The van der Waals surface area contributed by atoms with Gasteiger partial charge in [-0.15, -0.1) is 0 Å². The van der Waals surface area contributed by atoms with Crippen LogP contribution in [0, 0.1) is 4.77 Å². The molecule has 0 saturated heterocycles. The van der Waals surface area contributed by atoms with Crippen LogP contribution in [-0.2, 0) is 7.05 Å². The molecule has 1 aromatic heterocycles. The van der Waals surface area contributed by atoms with Crippen molar-refractivity contribution >= 4 is 52.2 Å². The second kappa shape index (κ2) is 9.26. The zero-order valence-electron chi connectivity index (χ0n) is 17.5. The topological polar surface area (TPSA) is 96.0 Å². The Labute approximate surface area is 194 Å². The fourth-order valence-corrected chi connectivity index (χ4v) is 4.33. The summed E-state index contributed by atoms with van der Waals surface area (Å²) in [5.74, 6) is -0.625. The van der Waals surface area contributed by atoms with Gasteiger partial charge in [0.25, 0.3) is 17.4 Å². The molecule has 0 atom stereocenters. The molecule has 1 heterocycles. The molecule has 0 radical (unpaired) electrons. The quantitative estimate of drug-likeness (QED) is 0.487. The van der Waals surface area contributed by atoms with Crippen molar-refractivity contribution < 1.29 is 9.59 Å². The first-order chi connectivity index (χ1) is 15.3. The number of fused-ring (bicyclic) bond motifs is 1. The molecule has 1 saturated carbocycles. The lowest BCUT2D eigenvalue weighted by Crippen LogP contribution is -2.36. The van der Waals surface area contributed by atoms with Gasteiger partial charge in [0.2, 0.25) is 0 Å². The van der Waals surface area contributed by atoms with E-state index in [1.807, 2.05) is 0 Å². The van der Waals surface area contributed by atoms with Crippen LogP contribution >= 0.6 is 23.8 Å². The molecule has 32 heavy (non-hydrogen) atoms. The van der Waals surface area contributed by atoms with E-state index in [2.05, 4.69) is 15.6 Å². The number of hydrogen-bond donors (Lipinski definition) is 3. The Balaban J connectivity index is 1.55. The van der Waals surface area contributed by atoms with Crippen LogP contribution in [0.2, 0.25) is 5.02 Å². The lowest BCUT2D eigenvalue weighted by molar-refractivity contribution is 0.0926. The standard InChI is InChI=1S/C23H23ClN4O3S/c1-28-22(31)16-9-7-13(11-19(16)27-23(28)32)20(29)26-15-8-10-18(24)17(12-15)21(30)25-14-5-3-2-4-6-14/h7-12,14H,2-6H2,1H3,(H,25,30)(H,26,29)(H,27,32). The summed E-state index contributed by atoms with van der Waals surface area (Å²) >= 11 is 11.4. The first kappa shape index (κ1) is 22.2. The number of carbonyl (C=O) groups excluding carboxylic acids is 2. The van der Waals surface area contributed by atoms with Gasteiger partial charge in [0.15, 0.2) is 4.77 Å². The van der Waals surface area contributed by atoms with Crippen LogP contribution in [0.4, 0.5) is 5.69 Å². The van der Waals surface area contributed by atoms with E-state index in [4.69, 9.17) is 23.8 Å². The molecule has 2 aromatic carbocycles. The molecule has 1 fully saturated rings. The minimum atomic E-state index is -0.382. The van der Waals surface area contributed by atoms with Gasteiger partial charge in [0, 0.05) is 24.3 Å². The predicted octanol–water partition coefficient (Wildman–Crippen LogP) is 4.56. The third kappa shape index (κ3) is 4.61. The van der Waals surface area contributed by atoms with Crippen molar-refractivity contribution in [2.45, 2.75) is 38.1 Å². The number of anilines is 1. The van der Waals surface area contributed by atoms with Gasteiger partial charge < -0.3 is 15.6 Å². The number of aromatic amines is 1. The van der Waals surface area contributed by atoms with Crippen molar-refractivity contribution in [1.82, 2.24) is 14.9 Å². The van der Waals surface area contributed by atoms with Crippen LogP contribution in [-0.4, -0.2) is 27.4 Å². The van der Waals surface area contributed by atoms with Gasteiger partial charge in [0.1, 0.15) is 0 Å². The Bertz CT molecular complexity index is 1330. The van der Waals surface area contributed by atoms with E-state index < -0.39 is 0 Å². The Morgan fingerprint density at radius 3 is 2.59 bits per heavy atom. The van der Waals surface area contributed by atoms with Crippen LogP contribution in [0.5, 0.6) is 0 Å². The molecule has 9 heteroatoms. The average Bonchev–Trinajstić information content (AvgIpc) is 2.79. The molecule has 1 aliphatic carbocycles. The maximum atomic E-state index is 12.8. The highest BCUT2D eigenvalue weighted by Crippen LogP contribution is 2.23. The number of rotatable bonds is 4. The Morgan fingerprint density at radius 2 is 1.84 bits per heavy atom. The summed E-state index contributed by atoms with van der Waals surface area (Å²) in [7, 11) is 1.59. The van der Waals surface area contributed by atoms with Gasteiger partial charge in [-0.2, -0.15) is 0 Å². The predicted molar refractivity (Wildman–Crippen MR) is 128 cm³/mol. The maximum absolute atomic E-state index is 12.8. The second-order valence-corrected chi connectivity index (χ2v) is 8.81. The Kier molecular flexibility index (Phi) is 6.43. The number of benzene rings is 2. The third-order valence-corrected chi connectivity index (χ3v) is 6.48. The molecule has 0 spiro atoms. The maximum Gasteiger partial charge on any atom is 0.261 e. The summed E-state index contributed by atoms with van der Waals surface area (Å²) in [6.45, 7) is 0. The summed E-state index contributed by atoms with van der Waals surface area (Å²) in [6.07, 6.45) is 5.35. The summed E-state index contributed by atoms with van der Waals surface area (Å²) in [4.78, 5) is 40.8. The SMILES string of the molecule is Cn1c(=S)[nH]c2cc(C(=O)Nc3ccc(Cl)c(C(=O)NC4CCCCC4)c3)ccc2c1=O. The zero-order valence-corrected chi connectivity index (χ0v) is 19.1. The lowest BCUT2D eigenvalue weighted by atomic mass is 9.95. The molecule has 0 aliphatic heterocycles. The van der Waals surface area contributed by atoms with Crippen molar-refractivity contribution in [1.29, 1.82) is 0 Å². The molecule has 4 rings (SSSR count). The normalized spacial score (nSPS) is 14.3. The minimum Gasteiger partial charge on any atom is -0.349 e.